The number of rotatable bonds is 8. The van der Waals surface area contributed by atoms with Gasteiger partial charge in [0, 0.05) is 17.4 Å². The van der Waals surface area contributed by atoms with Gasteiger partial charge in [-0.05, 0) is 61.9 Å². The van der Waals surface area contributed by atoms with Crippen LogP contribution in [0.15, 0.2) is 66.7 Å². The van der Waals surface area contributed by atoms with Gasteiger partial charge in [-0.2, -0.15) is 0 Å². The summed E-state index contributed by atoms with van der Waals surface area (Å²) in [5.74, 6) is 0.825. The first-order chi connectivity index (χ1) is 13.7. The van der Waals surface area contributed by atoms with Gasteiger partial charge in [0.05, 0.1) is 0 Å². The van der Waals surface area contributed by atoms with Crippen LogP contribution in [0.4, 0.5) is 0 Å². The lowest BCUT2D eigenvalue weighted by molar-refractivity contribution is 0.167. The second-order valence-electron chi connectivity index (χ2n) is 8.11. The number of aromatic hydroxyl groups is 1. The highest BCUT2D eigenvalue weighted by atomic mass is 16.3. The molecule has 2 heteroatoms. The zero-order chi connectivity index (χ0) is 19.8. The maximum Gasteiger partial charge on any atom is 0.115 e. The topological polar surface area (TPSA) is 32.3 Å². The van der Waals surface area contributed by atoms with E-state index in [1.807, 2.05) is 12.1 Å². The van der Waals surface area contributed by atoms with Crippen molar-refractivity contribution in [3.8, 4) is 5.75 Å². The number of hydrogen-bond donors (Lipinski definition) is 2. The highest BCUT2D eigenvalue weighted by Gasteiger charge is 2.44. The van der Waals surface area contributed by atoms with Crippen LogP contribution in [0.5, 0.6) is 5.75 Å². The Labute approximate surface area is 170 Å². The fraction of sp³-hybridized carbons (Fsp3) is 0.462. The molecule has 28 heavy (non-hydrogen) atoms. The summed E-state index contributed by atoms with van der Waals surface area (Å²) in [5.41, 5.74) is 2.77. The number of hydrogen-bond acceptors (Lipinski definition) is 2. The summed E-state index contributed by atoms with van der Waals surface area (Å²) >= 11 is 0. The molecule has 0 aliphatic heterocycles. The van der Waals surface area contributed by atoms with E-state index in [0.717, 1.165) is 25.8 Å². The summed E-state index contributed by atoms with van der Waals surface area (Å²) in [4.78, 5) is 0. The molecule has 2 aromatic carbocycles. The van der Waals surface area contributed by atoms with Crippen molar-refractivity contribution in [2.24, 2.45) is 5.92 Å². The Morgan fingerprint density at radius 2 is 1.93 bits per heavy atom. The van der Waals surface area contributed by atoms with Crippen LogP contribution in [-0.4, -0.2) is 17.7 Å². The van der Waals surface area contributed by atoms with Crippen LogP contribution in [0.2, 0.25) is 0 Å². The Morgan fingerprint density at radius 3 is 2.64 bits per heavy atom. The first-order valence-electron chi connectivity index (χ1n) is 10.9. The zero-order valence-corrected chi connectivity index (χ0v) is 17.4. The Balaban J connectivity index is 1.82. The van der Waals surface area contributed by atoms with Gasteiger partial charge in [-0.1, -0.05) is 74.9 Å². The number of allylic oxidation sites excluding steroid dienone is 1. The predicted octanol–water partition coefficient (Wildman–Crippen LogP) is 6.01. The molecule has 0 amide bonds. The average molecular weight is 378 g/mol. The molecule has 150 valence electrons. The van der Waals surface area contributed by atoms with E-state index >= 15 is 0 Å². The summed E-state index contributed by atoms with van der Waals surface area (Å²) in [6.45, 7) is 5.52. The number of phenols is 1. The molecule has 1 aliphatic carbocycles. The normalized spacial score (nSPS) is 25.2. The minimum atomic E-state index is 0.0904. The van der Waals surface area contributed by atoms with Crippen molar-refractivity contribution in [1.82, 2.24) is 5.32 Å². The Hall–Kier alpha value is -2.06. The van der Waals surface area contributed by atoms with Gasteiger partial charge < -0.3 is 10.4 Å². The minimum absolute atomic E-state index is 0.0904. The maximum absolute atomic E-state index is 10.1. The first kappa shape index (κ1) is 20.7. The summed E-state index contributed by atoms with van der Waals surface area (Å²) in [5, 5.41) is 14.0. The van der Waals surface area contributed by atoms with Crippen LogP contribution < -0.4 is 5.32 Å². The van der Waals surface area contributed by atoms with Gasteiger partial charge in [0.25, 0.3) is 0 Å². The monoisotopic (exact) mass is 377 g/mol. The van der Waals surface area contributed by atoms with Crippen LogP contribution in [0, 0.1) is 5.92 Å². The van der Waals surface area contributed by atoms with Crippen LogP contribution in [0.25, 0.3) is 0 Å². The van der Waals surface area contributed by atoms with Crippen molar-refractivity contribution in [2.45, 2.75) is 63.8 Å². The average Bonchev–Trinajstić information content (AvgIpc) is 2.73. The summed E-state index contributed by atoms with van der Waals surface area (Å²) in [7, 11) is 0. The van der Waals surface area contributed by atoms with Crippen molar-refractivity contribution in [2.75, 3.05) is 6.54 Å². The van der Waals surface area contributed by atoms with Crippen molar-refractivity contribution in [3.63, 3.8) is 0 Å². The highest BCUT2D eigenvalue weighted by molar-refractivity contribution is 5.36. The molecule has 1 fully saturated rings. The molecule has 2 N–H and O–H groups in total. The molecule has 0 saturated heterocycles. The highest BCUT2D eigenvalue weighted by Crippen LogP contribution is 2.47. The molecule has 2 aromatic rings. The molecule has 0 radical (unpaired) electrons. The van der Waals surface area contributed by atoms with Gasteiger partial charge >= 0.3 is 0 Å². The molecular formula is C26H35NO. The smallest absolute Gasteiger partial charge is 0.115 e. The maximum atomic E-state index is 10.1. The molecule has 0 heterocycles. The van der Waals surface area contributed by atoms with Gasteiger partial charge in [0.2, 0.25) is 0 Å². The van der Waals surface area contributed by atoms with Crippen molar-refractivity contribution >= 4 is 0 Å². The fourth-order valence-corrected chi connectivity index (χ4v) is 5.01. The number of benzene rings is 2. The van der Waals surface area contributed by atoms with Crippen molar-refractivity contribution < 1.29 is 5.11 Å². The molecule has 0 spiro atoms. The molecule has 1 aliphatic rings. The summed E-state index contributed by atoms with van der Waals surface area (Å²) < 4.78 is 0. The van der Waals surface area contributed by atoms with Crippen molar-refractivity contribution in [3.05, 3.63) is 77.9 Å². The van der Waals surface area contributed by atoms with E-state index in [-0.39, 0.29) is 5.41 Å². The Bertz CT molecular complexity index is 754. The van der Waals surface area contributed by atoms with Gasteiger partial charge in [-0.3, -0.25) is 0 Å². The van der Waals surface area contributed by atoms with E-state index in [9.17, 15) is 5.11 Å². The second kappa shape index (κ2) is 9.93. The molecule has 3 rings (SSSR count). The van der Waals surface area contributed by atoms with Gasteiger partial charge in [0.15, 0.2) is 0 Å². The molecule has 2 nitrogen and oxygen atoms in total. The number of phenolic OH excluding ortho intramolecular Hbond substituents is 1. The van der Waals surface area contributed by atoms with Crippen LogP contribution >= 0.6 is 0 Å². The van der Waals surface area contributed by atoms with Crippen LogP contribution in [-0.2, 0) is 11.8 Å². The lowest BCUT2D eigenvalue weighted by Gasteiger charge is -2.48. The quantitative estimate of drug-likeness (QED) is 0.552. The van der Waals surface area contributed by atoms with Crippen molar-refractivity contribution in [1.29, 1.82) is 0 Å². The molecule has 0 bridgehead atoms. The Morgan fingerprint density at radius 1 is 1.11 bits per heavy atom. The van der Waals surface area contributed by atoms with E-state index in [1.54, 1.807) is 6.07 Å². The van der Waals surface area contributed by atoms with Crippen LogP contribution in [0.3, 0.4) is 0 Å². The van der Waals surface area contributed by atoms with E-state index in [1.165, 1.54) is 30.4 Å². The SMILES string of the molecule is CC/C=C\[C@@H]1C(NCCc2ccccc2)CCC[C@@]1(CC)c1cccc(O)c1. The van der Waals surface area contributed by atoms with E-state index in [2.05, 4.69) is 67.7 Å². The Kier molecular flexibility index (Phi) is 7.33. The van der Waals surface area contributed by atoms with Gasteiger partial charge in [0.1, 0.15) is 5.75 Å². The van der Waals surface area contributed by atoms with Gasteiger partial charge in [-0.15, -0.1) is 0 Å². The third kappa shape index (κ3) is 4.67. The predicted molar refractivity (Wildman–Crippen MR) is 119 cm³/mol. The third-order valence-corrected chi connectivity index (χ3v) is 6.50. The molecule has 3 atom stereocenters. The fourth-order valence-electron chi connectivity index (χ4n) is 5.01. The first-order valence-corrected chi connectivity index (χ1v) is 10.9. The molecule has 1 unspecified atom stereocenters. The summed E-state index contributed by atoms with van der Waals surface area (Å²) in [6.07, 6.45) is 11.6. The third-order valence-electron chi connectivity index (χ3n) is 6.50. The van der Waals surface area contributed by atoms with Crippen LogP contribution in [0.1, 0.15) is 57.1 Å². The number of nitrogens with one attached hydrogen (secondary N) is 1. The molecule has 1 saturated carbocycles. The second-order valence-corrected chi connectivity index (χ2v) is 8.11. The zero-order valence-electron chi connectivity index (χ0n) is 17.4. The van der Waals surface area contributed by atoms with E-state index in [0.29, 0.717) is 17.7 Å². The molecule has 0 aromatic heterocycles. The van der Waals surface area contributed by atoms with E-state index < -0.39 is 0 Å². The van der Waals surface area contributed by atoms with Gasteiger partial charge in [-0.25, -0.2) is 0 Å². The lowest BCUT2D eigenvalue weighted by atomic mass is 9.59. The minimum Gasteiger partial charge on any atom is -0.508 e. The molecular weight excluding hydrogens is 342 g/mol. The van der Waals surface area contributed by atoms with E-state index in [4.69, 9.17) is 0 Å². The standard InChI is InChI=1S/C26H35NO/c1-3-5-15-24-25(27-19-17-21-11-7-6-8-12-21)16-10-18-26(24,4-2)22-13-9-14-23(28)20-22/h5-9,11-15,20,24-25,27-28H,3-4,10,16-19H2,1-2H3/b15-5-/t24-,25?,26+/m1/s1. The largest absolute Gasteiger partial charge is 0.508 e. The lowest BCUT2D eigenvalue weighted by Crippen LogP contribution is -2.50. The summed E-state index contributed by atoms with van der Waals surface area (Å²) in [6, 6.07) is 19.2.